The van der Waals surface area contributed by atoms with Gasteiger partial charge in [-0.15, -0.1) is 0 Å². The number of ether oxygens (including phenoxy) is 2. The summed E-state index contributed by atoms with van der Waals surface area (Å²) in [7, 11) is 1.96. The lowest BCUT2D eigenvalue weighted by atomic mass is 10.1. The molecule has 0 aromatic heterocycles. The van der Waals surface area contributed by atoms with Gasteiger partial charge in [0.05, 0.1) is 41.0 Å². The second-order valence-corrected chi connectivity index (χ2v) is 10.2. The largest absolute Gasteiger partial charge is 0.606 e. The van der Waals surface area contributed by atoms with Crippen molar-refractivity contribution in [3.8, 4) is 0 Å². The first kappa shape index (κ1) is 29.5. The highest BCUT2D eigenvalue weighted by Crippen LogP contribution is 2.47. The van der Waals surface area contributed by atoms with E-state index in [0.29, 0.717) is 24.2 Å². The van der Waals surface area contributed by atoms with E-state index in [-0.39, 0.29) is 19.8 Å². The molecule has 0 aromatic carbocycles. The molecule has 29 heavy (non-hydrogen) atoms. The highest BCUT2D eigenvalue weighted by atomic mass is 32.1. The van der Waals surface area contributed by atoms with Gasteiger partial charge in [0.2, 0.25) is 0 Å². The van der Waals surface area contributed by atoms with Crippen molar-refractivity contribution in [3.05, 3.63) is 0 Å². The average Bonchev–Trinajstić information content (AvgIpc) is 2.63. The van der Waals surface area contributed by atoms with Crippen LogP contribution in [0, 0.1) is 0 Å². The van der Waals surface area contributed by atoms with E-state index in [0.717, 1.165) is 18.8 Å². The van der Waals surface area contributed by atoms with Crippen molar-refractivity contribution in [2.24, 2.45) is 0 Å². The Labute approximate surface area is 184 Å². The summed E-state index contributed by atoms with van der Waals surface area (Å²) in [4.78, 5) is 21.2. The Kier molecular flexibility index (Phi) is 19.5. The summed E-state index contributed by atoms with van der Waals surface area (Å²) in [6.07, 6.45) is 11.5. The molecule has 0 fully saturated rings. The van der Waals surface area contributed by atoms with E-state index in [1.165, 1.54) is 51.4 Å². The number of quaternary nitrogens is 1. The van der Waals surface area contributed by atoms with E-state index in [2.05, 4.69) is 12.6 Å². The SMILES string of the molecule is C[N+](C)(C)CCO[P+]([O-])(O)OCCOCCOCCCCCCCCCCCS. The molecule has 0 aliphatic heterocycles. The quantitative estimate of drug-likeness (QED) is 0.112. The van der Waals surface area contributed by atoms with E-state index >= 15 is 0 Å². The van der Waals surface area contributed by atoms with E-state index in [9.17, 15) is 9.79 Å². The topological polar surface area (TPSA) is 80.2 Å². The third-order valence-corrected chi connectivity index (χ3v) is 5.65. The summed E-state index contributed by atoms with van der Waals surface area (Å²) in [6, 6.07) is 0. The molecule has 1 unspecified atom stereocenters. The summed E-state index contributed by atoms with van der Waals surface area (Å²) in [5.74, 6) is 1.01. The average molecular weight is 459 g/mol. The highest BCUT2D eigenvalue weighted by Gasteiger charge is 2.27. The van der Waals surface area contributed by atoms with Crippen LogP contribution in [0.2, 0.25) is 0 Å². The Hall–Kier alpha value is 0.500. The number of hydrogen-bond donors (Lipinski definition) is 2. The van der Waals surface area contributed by atoms with Gasteiger partial charge in [-0.3, -0.25) is 0 Å². The van der Waals surface area contributed by atoms with Gasteiger partial charge in [-0.05, 0) is 18.6 Å². The zero-order chi connectivity index (χ0) is 21.8. The van der Waals surface area contributed by atoms with Crippen molar-refractivity contribution >= 4 is 20.8 Å². The number of phosphoric acid groups is 1. The van der Waals surface area contributed by atoms with Gasteiger partial charge in [-0.1, -0.05) is 44.9 Å². The molecule has 0 spiro atoms. The van der Waals surface area contributed by atoms with Crippen LogP contribution in [0.3, 0.4) is 0 Å². The summed E-state index contributed by atoms with van der Waals surface area (Å²) < 4.78 is 21.3. The van der Waals surface area contributed by atoms with E-state index in [4.69, 9.17) is 18.5 Å². The van der Waals surface area contributed by atoms with E-state index in [1.54, 1.807) is 0 Å². The highest BCUT2D eigenvalue weighted by molar-refractivity contribution is 7.80. The number of hydrogen-bond acceptors (Lipinski definition) is 7. The fourth-order valence-electron chi connectivity index (χ4n) is 2.55. The first-order valence-electron chi connectivity index (χ1n) is 11.0. The molecule has 9 heteroatoms. The van der Waals surface area contributed by atoms with Gasteiger partial charge in [0.1, 0.15) is 19.8 Å². The molecule has 0 aliphatic rings. The van der Waals surface area contributed by atoms with Crippen LogP contribution in [0.5, 0.6) is 0 Å². The Bertz CT molecular complexity index is 358. The Morgan fingerprint density at radius 1 is 0.690 bits per heavy atom. The number of phosphoric ester groups is 1. The zero-order valence-corrected chi connectivity index (χ0v) is 20.6. The maximum absolute atomic E-state index is 11.7. The minimum absolute atomic E-state index is 0.0206. The first-order valence-corrected chi connectivity index (χ1v) is 13.1. The Morgan fingerprint density at radius 3 is 1.69 bits per heavy atom. The molecular weight excluding hydrogens is 413 g/mol. The summed E-state index contributed by atoms with van der Waals surface area (Å²) in [6.45, 7) is 2.79. The normalized spacial score (nSPS) is 14.3. The van der Waals surface area contributed by atoms with Crippen LogP contribution in [-0.4, -0.2) is 82.5 Å². The van der Waals surface area contributed by atoms with Crippen LogP contribution in [0.4, 0.5) is 0 Å². The van der Waals surface area contributed by atoms with Crippen LogP contribution in [0.15, 0.2) is 0 Å². The number of rotatable bonds is 22. The molecule has 1 atom stereocenters. The van der Waals surface area contributed by atoms with Gasteiger partial charge < -0.3 is 18.9 Å². The lowest BCUT2D eigenvalue weighted by molar-refractivity contribution is -0.870. The zero-order valence-electron chi connectivity index (χ0n) is 18.9. The van der Waals surface area contributed by atoms with E-state index in [1.807, 2.05) is 21.1 Å². The lowest BCUT2D eigenvalue weighted by Crippen LogP contribution is -2.38. The van der Waals surface area contributed by atoms with Crippen LogP contribution in [-0.2, 0) is 18.5 Å². The maximum Gasteiger partial charge on any atom is 0.377 e. The molecule has 0 amide bonds. The fraction of sp³-hybridized carbons (Fsp3) is 1.00. The van der Waals surface area contributed by atoms with Crippen LogP contribution in [0.25, 0.3) is 0 Å². The van der Waals surface area contributed by atoms with Crippen molar-refractivity contribution < 1.29 is 32.8 Å². The standard InChI is InChI=1S/C20H44NO6PS/c1-21(2,3)13-15-26-28(22,23)27-19-18-25-17-16-24-14-11-9-7-5-4-6-8-10-12-20-29/h4-20H2,1-3H3,(H-,22,23,29)/p+1. The van der Waals surface area contributed by atoms with Gasteiger partial charge in [-0.2, -0.15) is 26.6 Å². The molecule has 0 saturated heterocycles. The molecule has 1 N–H and O–H groups in total. The summed E-state index contributed by atoms with van der Waals surface area (Å²) in [5.41, 5.74) is 0. The summed E-state index contributed by atoms with van der Waals surface area (Å²) >= 11 is 4.23. The minimum Gasteiger partial charge on any atom is -0.606 e. The number of unbranched alkanes of at least 4 members (excludes halogenated alkanes) is 8. The van der Waals surface area contributed by atoms with Crippen molar-refractivity contribution in [2.75, 3.05) is 73.1 Å². The van der Waals surface area contributed by atoms with Crippen LogP contribution < -0.4 is 4.89 Å². The van der Waals surface area contributed by atoms with Crippen molar-refractivity contribution in [1.82, 2.24) is 0 Å². The van der Waals surface area contributed by atoms with Gasteiger partial charge in [-0.25, -0.2) is 0 Å². The van der Waals surface area contributed by atoms with Crippen molar-refractivity contribution in [3.63, 3.8) is 0 Å². The molecule has 176 valence electrons. The summed E-state index contributed by atoms with van der Waals surface area (Å²) in [5, 5.41) is 0. The van der Waals surface area contributed by atoms with Crippen molar-refractivity contribution in [1.29, 1.82) is 0 Å². The smallest absolute Gasteiger partial charge is 0.377 e. The Balaban J connectivity index is 3.27. The Morgan fingerprint density at radius 2 is 1.14 bits per heavy atom. The molecular formula is C20H45NO6PS+. The molecule has 0 rings (SSSR count). The van der Waals surface area contributed by atoms with Crippen molar-refractivity contribution in [2.45, 2.75) is 57.8 Å². The van der Waals surface area contributed by atoms with E-state index < -0.39 is 8.17 Å². The molecule has 0 aromatic rings. The number of thiol groups is 1. The second-order valence-electron chi connectivity index (χ2n) is 8.28. The minimum atomic E-state index is -3.99. The molecule has 0 bridgehead atoms. The fourth-order valence-corrected chi connectivity index (χ4v) is 3.47. The molecule has 7 nitrogen and oxygen atoms in total. The number of nitrogens with zero attached hydrogens (tertiary/aromatic N) is 1. The van der Waals surface area contributed by atoms with Crippen LogP contribution in [0.1, 0.15) is 57.8 Å². The molecule has 0 radical (unpaired) electrons. The number of likely N-dealkylation sites (N-methyl/N-ethyl adjacent to an activating group) is 1. The van der Waals surface area contributed by atoms with Gasteiger partial charge >= 0.3 is 8.17 Å². The molecule has 0 heterocycles. The lowest BCUT2D eigenvalue weighted by Gasteiger charge is -2.25. The second kappa shape index (κ2) is 19.2. The molecule has 0 aliphatic carbocycles. The monoisotopic (exact) mass is 458 g/mol. The van der Waals surface area contributed by atoms with Crippen LogP contribution >= 0.6 is 20.8 Å². The van der Waals surface area contributed by atoms with Gasteiger partial charge in [0, 0.05) is 6.61 Å². The third-order valence-electron chi connectivity index (χ3n) is 4.32. The van der Waals surface area contributed by atoms with Gasteiger partial charge in [0.15, 0.2) is 0 Å². The third kappa shape index (κ3) is 24.6. The first-order chi connectivity index (χ1) is 13.8. The predicted molar refractivity (Wildman–Crippen MR) is 121 cm³/mol. The predicted octanol–water partition coefficient (Wildman–Crippen LogP) is 3.23. The maximum atomic E-state index is 11.7. The van der Waals surface area contributed by atoms with Gasteiger partial charge in [0.25, 0.3) is 0 Å². The molecule has 0 saturated carbocycles.